The standard InChI is InChI=1S/C40H34N2/c1-27-20-25-34-35(26-27)39(33-17-9-8-16-32(33)38(34)28-12-4-2-5-13-28)29-21-23-31(24-22-29)42-37-19-11-10-18-36(37)41-40(42)30-14-6-3-7-15-30/h2,4-6,11-17,19-26H,3,7-10,18H2,1H3. The number of benzene rings is 4. The molecule has 5 aromatic rings. The minimum absolute atomic E-state index is 0.998. The summed E-state index contributed by atoms with van der Waals surface area (Å²) < 4.78 is 2.37. The summed E-state index contributed by atoms with van der Waals surface area (Å²) in [6.45, 7) is 2.20. The van der Waals surface area contributed by atoms with Crippen molar-refractivity contribution in [2.45, 2.75) is 45.4 Å². The Hall–Kier alpha value is -4.69. The number of aryl methyl sites for hydroxylation is 2. The van der Waals surface area contributed by atoms with Crippen LogP contribution in [-0.4, -0.2) is 9.55 Å². The second-order valence-corrected chi connectivity index (χ2v) is 11.7. The molecular formula is C40H34N2. The van der Waals surface area contributed by atoms with Crippen LogP contribution in [0.4, 0.5) is 0 Å². The van der Waals surface area contributed by atoms with Gasteiger partial charge in [0.15, 0.2) is 0 Å². The van der Waals surface area contributed by atoms with Crippen molar-refractivity contribution >= 4 is 34.6 Å². The summed E-state index contributed by atoms with van der Waals surface area (Å²) in [5, 5.41) is 5.39. The molecule has 2 heteroatoms. The van der Waals surface area contributed by atoms with E-state index in [4.69, 9.17) is 4.98 Å². The molecule has 0 saturated carbocycles. The fourth-order valence-corrected chi connectivity index (χ4v) is 7.01. The first kappa shape index (κ1) is 25.1. The van der Waals surface area contributed by atoms with Crippen LogP contribution < -0.4 is 10.4 Å². The van der Waals surface area contributed by atoms with Gasteiger partial charge in [0.05, 0.1) is 11.4 Å². The van der Waals surface area contributed by atoms with Crippen LogP contribution >= 0.6 is 0 Å². The molecule has 2 nitrogen and oxygen atoms in total. The molecule has 0 unspecified atom stereocenters. The summed E-state index contributed by atoms with van der Waals surface area (Å²) in [6.07, 6.45) is 22.7. The highest BCUT2D eigenvalue weighted by molar-refractivity contribution is 6.06. The van der Waals surface area contributed by atoms with E-state index in [-0.39, 0.29) is 0 Å². The zero-order valence-corrected chi connectivity index (χ0v) is 24.1. The van der Waals surface area contributed by atoms with Crippen molar-refractivity contribution in [3.8, 4) is 27.9 Å². The summed E-state index contributed by atoms with van der Waals surface area (Å²) in [7, 11) is 0. The highest BCUT2D eigenvalue weighted by Crippen LogP contribution is 2.35. The molecule has 0 amide bonds. The van der Waals surface area contributed by atoms with Gasteiger partial charge in [-0.3, -0.25) is 4.57 Å². The van der Waals surface area contributed by atoms with Crippen molar-refractivity contribution in [3.05, 3.63) is 130 Å². The van der Waals surface area contributed by atoms with Crippen LogP contribution in [0.25, 0.3) is 62.5 Å². The molecule has 0 bridgehead atoms. The molecule has 0 atom stereocenters. The highest BCUT2D eigenvalue weighted by Gasteiger charge is 2.21. The number of nitrogens with zero attached hydrogens (tertiary/aromatic N) is 2. The van der Waals surface area contributed by atoms with Gasteiger partial charge in [-0.15, -0.1) is 0 Å². The molecule has 1 aromatic heterocycles. The van der Waals surface area contributed by atoms with E-state index in [1.165, 1.54) is 71.7 Å². The summed E-state index contributed by atoms with van der Waals surface area (Å²) in [6, 6.07) is 27.1. The van der Waals surface area contributed by atoms with Gasteiger partial charge < -0.3 is 0 Å². The van der Waals surface area contributed by atoms with Crippen molar-refractivity contribution in [2.75, 3.05) is 0 Å². The lowest BCUT2D eigenvalue weighted by Crippen LogP contribution is -2.31. The van der Waals surface area contributed by atoms with Crippen LogP contribution in [0.2, 0.25) is 0 Å². The van der Waals surface area contributed by atoms with Crippen LogP contribution in [0.3, 0.4) is 0 Å². The van der Waals surface area contributed by atoms with Gasteiger partial charge in [-0.1, -0.05) is 103 Å². The zero-order chi connectivity index (χ0) is 28.0. The Morgan fingerprint density at radius 2 is 1.36 bits per heavy atom. The Balaban J connectivity index is 1.34. The molecule has 4 aromatic carbocycles. The molecule has 0 saturated heterocycles. The Morgan fingerprint density at radius 1 is 0.643 bits per heavy atom. The number of rotatable bonds is 4. The topological polar surface area (TPSA) is 17.8 Å². The SMILES string of the molecule is Cc1ccc2c(-c3ccccc3)c3c(c(-c4ccc(-n5c(C6=CCCC=C6)nc6c5C=CCC6)cc4)c2c1)=CCCC=3. The van der Waals surface area contributed by atoms with E-state index in [1.54, 1.807) is 0 Å². The van der Waals surface area contributed by atoms with Gasteiger partial charge in [0.1, 0.15) is 5.82 Å². The first-order valence-corrected chi connectivity index (χ1v) is 15.3. The minimum atomic E-state index is 0.998. The average molecular weight is 543 g/mol. The van der Waals surface area contributed by atoms with Gasteiger partial charge in [-0.2, -0.15) is 0 Å². The normalized spacial score (nSPS) is 15.5. The van der Waals surface area contributed by atoms with Crippen molar-refractivity contribution in [1.29, 1.82) is 0 Å². The van der Waals surface area contributed by atoms with Gasteiger partial charge in [0, 0.05) is 11.3 Å². The van der Waals surface area contributed by atoms with Crippen LogP contribution in [0, 0.1) is 6.92 Å². The maximum Gasteiger partial charge on any atom is 0.144 e. The van der Waals surface area contributed by atoms with E-state index in [0.717, 1.165) is 44.3 Å². The van der Waals surface area contributed by atoms with Gasteiger partial charge in [0.25, 0.3) is 0 Å². The molecule has 1 heterocycles. The molecule has 0 fully saturated rings. The third-order valence-electron chi connectivity index (χ3n) is 8.95. The van der Waals surface area contributed by atoms with E-state index >= 15 is 0 Å². The van der Waals surface area contributed by atoms with E-state index in [2.05, 4.69) is 127 Å². The van der Waals surface area contributed by atoms with Crippen LogP contribution in [0.1, 0.15) is 54.9 Å². The first-order chi connectivity index (χ1) is 20.8. The minimum Gasteiger partial charge on any atom is -0.293 e. The monoisotopic (exact) mass is 542 g/mol. The fraction of sp³-hybridized carbons (Fsp3) is 0.175. The first-order valence-electron chi connectivity index (χ1n) is 15.3. The summed E-state index contributed by atoms with van der Waals surface area (Å²) in [5.41, 5.74) is 11.3. The van der Waals surface area contributed by atoms with E-state index in [9.17, 15) is 0 Å². The number of hydrogen-bond donors (Lipinski definition) is 0. The largest absolute Gasteiger partial charge is 0.293 e. The molecule has 0 spiro atoms. The van der Waals surface area contributed by atoms with Crippen molar-refractivity contribution in [2.24, 2.45) is 0 Å². The fourth-order valence-electron chi connectivity index (χ4n) is 7.01. The van der Waals surface area contributed by atoms with Gasteiger partial charge in [-0.25, -0.2) is 4.98 Å². The smallest absolute Gasteiger partial charge is 0.144 e. The lowest BCUT2D eigenvalue weighted by Gasteiger charge is -2.19. The molecule has 204 valence electrons. The number of imidazole rings is 1. The summed E-state index contributed by atoms with van der Waals surface area (Å²) in [4.78, 5) is 5.16. The lowest BCUT2D eigenvalue weighted by molar-refractivity contribution is 0.936. The zero-order valence-electron chi connectivity index (χ0n) is 24.1. The Morgan fingerprint density at radius 3 is 2.12 bits per heavy atom. The van der Waals surface area contributed by atoms with E-state index in [0.29, 0.717) is 0 Å². The Labute approximate surface area is 247 Å². The lowest BCUT2D eigenvalue weighted by atomic mass is 9.85. The van der Waals surface area contributed by atoms with Crippen molar-refractivity contribution < 1.29 is 0 Å². The summed E-state index contributed by atoms with van der Waals surface area (Å²) >= 11 is 0. The quantitative estimate of drug-likeness (QED) is 0.222. The van der Waals surface area contributed by atoms with E-state index < -0.39 is 0 Å². The summed E-state index contributed by atoms with van der Waals surface area (Å²) in [5.74, 6) is 1.06. The highest BCUT2D eigenvalue weighted by atomic mass is 15.1. The van der Waals surface area contributed by atoms with E-state index in [1.807, 2.05) is 0 Å². The van der Waals surface area contributed by atoms with Crippen molar-refractivity contribution in [3.63, 3.8) is 0 Å². The second-order valence-electron chi connectivity index (χ2n) is 11.7. The molecule has 42 heavy (non-hydrogen) atoms. The average Bonchev–Trinajstić information content (AvgIpc) is 3.44. The van der Waals surface area contributed by atoms with Crippen LogP contribution in [-0.2, 0) is 6.42 Å². The Kier molecular flexibility index (Phi) is 6.14. The molecule has 8 rings (SSSR count). The van der Waals surface area contributed by atoms with Gasteiger partial charge in [-0.05, 0) is 107 Å². The molecular weight excluding hydrogens is 508 g/mol. The third-order valence-corrected chi connectivity index (χ3v) is 8.95. The number of allylic oxidation sites excluding steroid dienone is 5. The molecule has 0 N–H and O–H groups in total. The van der Waals surface area contributed by atoms with Gasteiger partial charge >= 0.3 is 0 Å². The van der Waals surface area contributed by atoms with Gasteiger partial charge in [0.2, 0.25) is 0 Å². The third kappa shape index (κ3) is 4.13. The molecule has 0 aliphatic heterocycles. The molecule has 3 aliphatic rings. The second kappa shape index (κ2) is 10.3. The Bertz CT molecular complexity index is 2070. The maximum atomic E-state index is 5.16. The van der Waals surface area contributed by atoms with Crippen LogP contribution in [0.15, 0.2) is 97.1 Å². The predicted molar refractivity (Wildman–Crippen MR) is 178 cm³/mol. The van der Waals surface area contributed by atoms with Crippen LogP contribution in [0.5, 0.6) is 0 Å². The molecule has 3 aliphatic carbocycles. The maximum absolute atomic E-state index is 5.16. The predicted octanol–water partition coefficient (Wildman–Crippen LogP) is 8.72. The number of fused-ring (bicyclic) bond motifs is 3. The number of hydrogen-bond acceptors (Lipinski definition) is 1. The molecule has 0 radical (unpaired) electrons. The van der Waals surface area contributed by atoms with Crippen molar-refractivity contribution in [1.82, 2.24) is 9.55 Å². The number of aromatic nitrogens is 2.